The van der Waals surface area contributed by atoms with Crippen molar-refractivity contribution in [2.45, 2.75) is 50.7 Å². The molecule has 1 amide bonds. The van der Waals surface area contributed by atoms with E-state index in [0.29, 0.717) is 25.5 Å². The molecule has 1 aliphatic rings. The van der Waals surface area contributed by atoms with Gasteiger partial charge in [0.25, 0.3) is 0 Å². The molecule has 0 spiro atoms. The van der Waals surface area contributed by atoms with Gasteiger partial charge in [-0.1, -0.05) is 23.9 Å². The van der Waals surface area contributed by atoms with Crippen molar-refractivity contribution in [1.29, 1.82) is 0 Å². The van der Waals surface area contributed by atoms with Crippen LogP contribution in [0.5, 0.6) is 5.75 Å². The van der Waals surface area contributed by atoms with Crippen LogP contribution in [0.2, 0.25) is 0 Å². The molecule has 1 aliphatic carbocycles. The molecule has 1 saturated carbocycles. The Morgan fingerprint density at radius 1 is 1.36 bits per heavy atom. The maximum absolute atomic E-state index is 11.1. The van der Waals surface area contributed by atoms with Crippen molar-refractivity contribution < 1.29 is 9.53 Å². The van der Waals surface area contributed by atoms with E-state index in [1.165, 1.54) is 5.56 Å². The summed E-state index contributed by atoms with van der Waals surface area (Å²) in [6.45, 7) is 5.25. The number of aromatic nitrogens is 3. The fourth-order valence-electron chi connectivity index (χ4n) is 2.63. The first kappa shape index (κ1) is 17.8. The molecule has 0 unspecified atom stereocenters. The Kier molecular flexibility index (Phi) is 5.63. The number of hydrogen-bond acceptors (Lipinski definition) is 5. The molecule has 6 nitrogen and oxygen atoms in total. The first-order valence-corrected chi connectivity index (χ1v) is 9.57. The zero-order chi connectivity index (χ0) is 17.8. The van der Waals surface area contributed by atoms with Gasteiger partial charge in [0.15, 0.2) is 5.16 Å². The molecule has 1 aromatic heterocycles. The molecule has 7 heteroatoms. The minimum absolute atomic E-state index is 0.301. The third-order valence-corrected chi connectivity index (χ3v) is 5.12. The number of benzene rings is 1. The van der Waals surface area contributed by atoms with Gasteiger partial charge in [-0.25, -0.2) is 0 Å². The number of primary amides is 1. The zero-order valence-corrected chi connectivity index (χ0v) is 15.5. The normalized spacial score (nSPS) is 13.8. The molecule has 2 N–H and O–H groups in total. The number of nitrogens with zero attached hydrogens (tertiary/aromatic N) is 3. The summed E-state index contributed by atoms with van der Waals surface area (Å²) in [4.78, 5) is 11.1. The molecule has 1 heterocycles. The van der Waals surface area contributed by atoms with Gasteiger partial charge in [-0.2, -0.15) is 0 Å². The number of aryl methyl sites for hydroxylation is 2. The molecule has 0 atom stereocenters. The lowest BCUT2D eigenvalue weighted by Crippen LogP contribution is -2.15. The van der Waals surface area contributed by atoms with Crippen LogP contribution < -0.4 is 10.5 Å². The maximum atomic E-state index is 11.1. The van der Waals surface area contributed by atoms with E-state index in [4.69, 9.17) is 10.5 Å². The fourth-order valence-corrected chi connectivity index (χ4v) is 3.42. The molecule has 1 aromatic carbocycles. The number of amides is 1. The molecule has 0 aliphatic heterocycles. The lowest BCUT2D eigenvalue weighted by atomic mass is 10.1. The average molecular weight is 360 g/mol. The molecule has 25 heavy (non-hydrogen) atoms. The Morgan fingerprint density at radius 3 is 2.88 bits per heavy atom. The van der Waals surface area contributed by atoms with E-state index in [1.54, 1.807) is 11.8 Å². The fraction of sp³-hybridized carbons (Fsp3) is 0.500. The van der Waals surface area contributed by atoms with Gasteiger partial charge in [0.05, 0.1) is 6.61 Å². The van der Waals surface area contributed by atoms with Crippen molar-refractivity contribution in [2.24, 2.45) is 5.73 Å². The highest BCUT2D eigenvalue weighted by Gasteiger charge is 2.30. The Bertz CT molecular complexity index is 756. The monoisotopic (exact) mass is 360 g/mol. The van der Waals surface area contributed by atoms with E-state index in [9.17, 15) is 4.79 Å². The van der Waals surface area contributed by atoms with E-state index in [0.717, 1.165) is 40.9 Å². The Morgan fingerprint density at radius 2 is 2.16 bits per heavy atom. The van der Waals surface area contributed by atoms with Gasteiger partial charge in [0, 0.05) is 24.6 Å². The van der Waals surface area contributed by atoms with Gasteiger partial charge in [-0.05, 0) is 43.9 Å². The van der Waals surface area contributed by atoms with E-state index >= 15 is 0 Å². The predicted molar refractivity (Wildman–Crippen MR) is 97.9 cm³/mol. The largest absolute Gasteiger partial charge is 0.492 e. The first-order chi connectivity index (χ1) is 12.0. The van der Waals surface area contributed by atoms with Crippen molar-refractivity contribution in [3.63, 3.8) is 0 Å². The summed E-state index contributed by atoms with van der Waals surface area (Å²) in [7, 11) is 0. The molecule has 1 fully saturated rings. The van der Waals surface area contributed by atoms with E-state index in [-0.39, 0.29) is 5.91 Å². The highest BCUT2D eigenvalue weighted by atomic mass is 32.2. The quantitative estimate of drug-likeness (QED) is 0.549. The van der Waals surface area contributed by atoms with Crippen LogP contribution in [0.25, 0.3) is 0 Å². The number of hydrogen-bond donors (Lipinski definition) is 1. The van der Waals surface area contributed by atoms with Crippen molar-refractivity contribution in [3.8, 4) is 5.75 Å². The smallest absolute Gasteiger partial charge is 0.219 e. The summed E-state index contributed by atoms with van der Waals surface area (Å²) >= 11 is 1.61. The van der Waals surface area contributed by atoms with Gasteiger partial charge < -0.3 is 15.0 Å². The third-order valence-electron chi connectivity index (χ3n) is 4.19. The SMILES string of the molecule is Cc1ccc(C)c(OCCSc2nnc(C3CC3)n2CCC(N)=O)c1. The van der Waals surface area contributed by atoms with Gasteiger partial charge in [-0.15, -0.1) is 10.2 Å². The van der Waals surface area contributed by atoms with Crippen molar-refractivity contribution >= 4 is 17.7 Å². The topological polar surface area (TPSA) is 83.0 Å². The molecular weight excluding hydrogens is 336 g/mol. The minimum Gasteiger partial charge on any atom is -0.492 e. The van der Waals surface area contributed by atoms with E-state index in [2.05, 4.69) is 35.3 Å². The number of rotatable bonds is 9. The standard InChI is InChI=1S/C18H24N4O2S/c1-12-3-4-13(2)15(11-12)24-9-10-25-18-21-20-17(14-5-6-14)22(18)8-7-16(19)23/h3-4,11,14H,5-10H2,1-2H3,(H2,19,23). The summed E-state index contributed by atoms with van der Waals surface area (Å²) in [5, 5.41) is 9.46. The molecule has 0 saturated heterocycles. The van der Waals surface area contributed by atoms with Crippen LogP contribution in [0.1, 0.15) is 42.1 Å². The zero-order valence-electron chi connectivity index (χ0n) is 14.7. The van der Waals surface area contributed by atoms with Gasteiger partial charge in [-0.3, -0.25) is 4.79 Å². The molecular formula is C18H24N4O2S. The molecule has 0 radical (unpaired) electrons. The number of thioether (sulfide) groups is 1. The minimum atomic E-state index is -0.301. The second-order valence-corrected chi connectivity index (χ2v) is 7.51. The van der Waals surface area contributed by atoms with E-state index < -0.39 is 0 Å². The third kappa shape index (κ3) is 4.75. The summed E-state index contributed by atoms with van der Waals surface area (Å²) in [5.74, 6) is 2.87. The number of carbonyl (C=O) groups is 1. The lowest BCUT2D eigenvalue weighted by Gasteiger charge is -2.11. The summed E-state index contributed by atoms with van der Waals surface area (Å²) in [5.41, 5.74) is 7.62. The second-order valence-electron chi connectivity index (χ2n) is 6.45. The first-order valence-electron chi connectivity index (χ1n) is 8.59. The number of carbonyl (C=O) groups excluding carboxylic acids is 1. The Balaban J connectivity index is 1.57. The summed E-state index contributed by atoms with van der Waals surface area (Å²) < 4.78 is 7.94. The molecule has 0 bridgehead atoms. The molecule has 3 rings (SSSR count). The molecule has 134 valence electrons. The van der Waals surface area contributed by atoms with Crippen LogP contribution in [0, 0.1) is 13.8 Å². The van der Waals surface area contributed by atoms with Crippen molar-refractivity contribution in [1.82, 2.24) is 14.8 Å². The van der Waals surface area contributed by atoms with Crippen molar-refractivity contribution in [2.75, 3.05) is 12.4 Å². The summed E-state index contributed by atoms with van der Waals surface area (Å²) in [6, 6.07) is 6.21. The van der Waals surface area contributed by atoms with Crippen LogP contribution in [0.3, 0.4) is 0 Å². The van der Waals surface area contributed by atoms with Crippen LogP contribution >= 0.6 is 11.8 Å². The Hall–Kier alpha value is -2.02. The van der Waals surface area contributed by atoms with E-state index in [1.807, 2.05) is 11.5 Å². The van der Waals surface area contributed by atoms with Crippen LogP contribution in [0.15, 0.2) is 23.4 Å². The summed E-state index contributed by atoms with van der Waals surface area (Å²) in [6.07, 6.45) is 2.61. The predicted octanol–water partition coefficient (Wildman–Crippen LogP) is 2.82. The number of ether oxygens (including phenoxy) is 1. The second kappa shape index (κ2) is 7.91. The maximum Gasteiger partial charge on any atom is 0.219 e. The van der Waals surface area contributed by atoms with Crippen LogP contribution in [0.4, 0.5) is 0 Å². The number of nitrogens with two attached hydrogens (primary N) is 1. The highest BCUT2D eigenvalue weighted by Crippen LogP contribution is 2.40. The van der Waals surface area contributed by atoms with Crippen molar-refractivity contribution in [3.05, 3.63) is 35.2 Å². The van der Waals surface area contributed by atoms with Gasteiger partial charge >= 0.3 is 0 Å². The average Bonchev–Trinajstić information content (AvgIpc) is 3.34. The lowest BCUT2D eigenvalue weighted by molar-refractivity contribution is -0.118. The van der Waals surface area contributed by atoms with Crippen LogP contribution in [-0.4, -0.2) is 33.0 Å². The van der Waals surface area contributed by atoms with Crippen LogP contribution in [-0.2, 0) is 11.3 Å². The Labute approximate surface area is 152 Å². The van der Waals surface area contributed by atoms with Gasteiger partial charge in [0.2, 0.25) is 5.91 Å². The molecule has 2 aromatic rings. The van der Waals surface area contributed by atoms with Gasteiger partial charge in [0.1, 0.15) is 11.6 Å². The highest BCUT2D eigenvalue weighted by molar-refractivity contribution is 7.99.